The van der Waals surface area contributed by atoms with Crippen molar-refractivity contribution in [3.8, 4) is 0 Å². The lowest BCUT2D eigenvalue weighted by Crippen LogP contribution is -2.42. The number of nitrogens with one attached hydrogen (secondary N) is 2. The second-order valence-electron chi connectivity index (χ2n) is 5.81. The molecule has 3 rings (SSSR count). The van der Waals surface area contributed by atoms with E-state index >= 15 is 0 Å². The van der Waals surface area contributed by atoms with E-state index in [1.807, 2.05) is 6.20 Å². The molecule has 1 unspecified atom stereocenters. The molecule has 1 aromatic heterocycles. The van der Waals surface area contributed by atoms with Crippen LogP contribution in [0.1, 0.15) is 32.6 Å². The largest absolute Gasteiger partial charge is 0.381 e. The van der Waals surface area contributed by atoms with Gasteiger partial charge in [0.25, 0.3) is 0 Å². The Labute approximate surface area is 120 Å². The Balaban J connectivity index is 1.61. The maximum Gasteiger partial charge on any atom is 0.0651 e. The number of piperidine rings is 1. The number of nitrogens with zero attached hydrogens (tertiary/aromatic N) is 2. The van der Waals surface area contributed by atoms with Gasteiger partial charge in [0.1, 0.15) is 0 Å². The fourth-order valence-electron chi connectivity index (χ4n) is 3.03. The van der Waals surface area contributed by atoms with E-state index < -0.39 is 0 Å². The number of rotatable bonds is 5. The summed E-state index contributed by atoms with van der Waals surface area (Å²) < 4.78 is 0. The molecule has 0 amide bonds. The summed E-state index contributed by atoms with van der Waals surface area (Å²) >= 11 is 0. The van der Waals surface area contributed by atoms with Crippen LogP contribution in [0.25, 0.3) is 10.9 Å². The lowest BCUT2D eigenvalue weighted by atomic mass is 10.0. The normalized spacial score (nSPS) is 20.4. The SMILES string of the molecule is CCCCN1CCCC(Nc2ccc3[nH]ncc3c2)C1. The quantitative estimate of drug-likeness (QED) is 0.878. The molecular formula is C16H24N4. The fourth-order valence-corrected chi connectivity index (χ4v) is 3.03. The Bertz CT molecular complexity index is 548. The summed E-state index contributed by atoms with van der Waals surface area (Å²) in [6, 6.07) is 7.00. The molecule has 2 heterocycles. The number of benzene rings is 1. The van der Waals surface area contributed by atoms with Gasteiger partial charge >= 0.3 is 0 Å². The molecule has 1 aliphatic rings. The topological polar surface area (TPSA) is 44.0 Å². The van der Waals surface area contributed by atoms with E-state index in [-0.39, 0.29) is 0 Å². The second kappa shape index (κ2) is 6.27. The third-order valence-electron chi connectivity index (χ3n) is 4.14. The summed E-state index contributed by atoms with van der Waals surface area (Å²) in [4.78, 5) is 2.60. The first-order valence-corrected chi connectivity index (χ1v) is 7.77. The number of likely N-dealkylation sites (tertiary alicyclic amines) is 1. The molecule has 0 radical (unpaired) electrons. The monoisotopic (exact) mass is 272 g/mol. The van der Waals surface area contributed by atoms with Crippen molar-refractivity contribution in [3.63, 3.8) is 0 Å². The smallest absolute Gasteiger partial charge is 0.0651 e. The van der Waals surface area contributed by atoms with Gasteiger partial charge in [-0.15, -0.1) is 0 Å². The number of aromatic amines is 1. The van der Waals surface area contributed by atoms with E-state index in [1.54, 1.807) is 0 Å². The molecule has 1 aliphatic heterocycles. The number of unbranched alkanes of at least 4 members (excludes halogenated alkanes) is 1. The molecule has 4 nitrogen and oxygen atoms in total. The van der Waals surface area contributed by atoms with Gasteiger partial charge in [0.15, 0.2) is 0 Å². The minimum absolute atomic E-state index is 0.574. The number of hydrogen-bond donors (Lipinski definition) is 2. The molecule has 4 heteroatoms. The van der Waals surface area contributed by atoms with Gasteiger partial charge in [0, 0.05) is 23.7 Å². The molecular weight excluding hydrogens is 248 g/mol. The van der Waals surface area contributed by atoms with Crippen molar-refractivity contribution in [1.29, 1.82) is 0 Å². The highest BCUT2D eigenvalue weighted by Crippen LogP contribution is 2.20. The summed E-state index contributed by atoms with van der Waals surface area (Å²) in [6.07, 6.45) is 7.05. The summed E-state index contributed by atoms with van der Waals surface area (Å²) in [5, 5.41) is 11.9. The number of fused-ring (bicyclic) bond motifs is 1. The third-order valence-corrected chi connectivity index (χ3v) is 4.14. The molecule has 0 aliphatic carbocycles. The summed E-state index contributed by atoms with van der Waals surface area (Å²) in [6.45, 7) is 5.94. The lowest BCUT2D eigenvalue weighted by Gasteiger charge is -2.33. The summed E-state index contributed by atoms with van der Waals surface area (Å²) in [5.74, 6) is 0. The first-order valence-electron chi connectivity index (χ1n) is 7.77. The minimum atomic E-state index is 0.574. The van der Waals surface area contributed by atoms with Crippen molar-refractivity contribution in [2.45, 2.75) is 38.6 Å². The molecule has 2 aromatic rings. The van der Waals surface area contributed by atoms with Crippen molar-refractivity contribution < 1.29 is 0 Å². The zero-order valence-corrected chi connectivity index (χ0v) is 12.2. The van der Waals surface area contributed by atoms with Gasteiger partial charge in [-0.25, -0.2) is 0 Å². The van der Waals surface area contributed by atoms with Crippen LogP contribution in [0.4, 0.5) is 5.69 Å². The van der Waals surface area contributed by atoms with Gasteiger partial charge in [-0.3, -0.25) is 5.10 Å². The van der Waals surface area contributed by atoms with E-state index in [2.05, 4.69) is 45.5 Å². The molecule has 0 bridgehead atoms. The molecule has 1 atom stereocenters. The molecule has 1 aromatic carbocycles. The van der Waals surface area contributed by atoms with Crippen molar-refractivity contribution in [1.82, 2.24) is 15.1 Å². The maximum absolute atomic E-state index is 4.07. The van der Waals surface area contributed by atoms with E-state index in [9.17, 15) is 0 Å². The standard InChI is InChI=1S/C16H24N4/c1-2-3-8-20-9-4-5-15(12-20)18-14-6-7-16-13(10-14)11-17-19-16/h6-7,10-11,15,18H,2-5,8-9,12H2,1H3,(H,17,19). The molecule has 1 fully saturated rings. The van der Waals surface area contributed by atoms with Crippen LogP contribution in [0, 0.1) is 0 Å². The van der Waals surface area contributed by atoms with Gasteiger partial charge < -0.3 is 10.2 Å². The Morgan fingerprint density at radius 1 is 1.45 bits per heavy atom. The third kappa shape index (κ3) is 3.12. The second-order valence-corrected chi connectivity index (χ2v) is 5.81. The van der Waals surface area contributed by atoms with Crippen molar-refractivity contribution in [2.75, 3.05) is 25.0 Å². The highest BCUT2D eigenvalue weighted by Gasteiger charge is 2.19. The van der Waals surface area contributed by atoms with Crippen LogP contribution < -0.4 is 5.32 Å². The van der Waals surface area contributed by atoms with E-state index in [0.717, 1.165) is 5.52 Å². The van der Waals surface area contributed by atoms with Crippen LogP contribution in [-0.2, 0) is 0 Å². The molecule has 20 heavy (non-hydrogen) atoms. The molecule has 2 N–H and O–H groups in total. The molecule has 1 saturated heterocycles. The molecule has 0 saturated carbocycles. The van der Waals surface area contributed by atoms with Crippen LogP contribution in [0.2, 0.25) is 0 Å². The summed E-state index contributed by atoms with van der Waals surface area (Å²) in [7, 11) is 0. The van der Waals surface area contributed by atoms with Gasteiger partial charge in [0.05, 0.1) is 11.7 Å². The lowest BCUT2D eigenvalue weighted by molar-refractivity contribution is 0.213. The zero-order valence-electron chi connectivity index (χ0n) is 12.2. The minimum Gasteiger partial charge on any atom is -0.381 e. The van der Waals surface area contributed by atoms with E-state index in [0.29, 0.717) is 6.04 Å². The maximum atomic E-state index is 4.07. The number of hydrogen-bond acceptors (Lipinski definition) is 3. The van der Waals surface area contributed by atoms with Gasteiger partial charge in [-0.2, -0.15) is 5.10 Å². The van der Waals surface area contributed by atoms with E-state index in [1.165, 1.54) is 56.4 Å². The van der Waals surface area contributed by atoms with Crippen LogP contribution in [-0.4, -0.2) is 40.8 Å². The Morgan fingerprint density at radius 3 is 3.30 bits per heavy atom. The molecule has 0 spiro atoms. The first kappa shape index (κ1) is 13.4. The first-order chi connectivity index (χ1) is 9.85. The zero-order chi connectivity index (χ0) is 13.8. The van der Waals surface area contributed by atoms with Crippen molar-refractivity contribution >= 4 is 16.6 Å². The van der Waals surface area contributed by atoms with Crippen LogP contribution >= 0.6 is 0 Å². The number of anilines is 1. The predicted octanol–water partition coefficient (Wildman–Crippen LogP) is 3.24. The average molecular weight is 272 g/mol. The number of aromatic nitrogens is 2. The van der Waals surface area contributed by atoms with Gasteiger partial charge in [0.2, 0.25) is 0 Å². The Kier molecular flexibility index (Phi) is 4.21. The van der Waals surface area contributed by atoms with Gasteiger partial charge in [-0.05, 0) is 50.6 Å². The summed E-state index contributed by atoms with van der Waals surface area (Å²) in [5.41, 5.74) is 2.31. The average Bonchev–Trinajstić information content (AvgIpc) is 2.93. The van der Waals surface area contributed by atoms with Crippen molar-refractivity contribution in [2.24, 2.45) is 0 Å². The highest BCUT2D eigenvalue weighted by molar-refractivity contribution is 5.81. The van der Waals surface area contributed by atoms with Crippen molar-refractivity contribution in [3.05, 3.63) is 24.4 Å². The fraction of sp³-hybridized carbons (Fsp3) is 0.562. The Morgan fingerprint density at radius 2 is 2.40 bits per heavy atom. The molecule has 108 valence electrons. The Hall–Kier alpha value is -1.55. The van der Waals surface area contributed by atoms with Crippen LogP contribution in [0.3, 0.4) is 0 Å². The van der Waals surface area contributed by atoms with Crippen LogP contribution in [0.5, 0.6) is 0 Å². The number of H-pyrrole nitrogens is 1. The predicted molar refractivity (Wildman–Crippen MR) is 84.1 cm³/mol. The van der Waals surface area contributed by atoms with E-state index in [4.69, 9.17) is 0 Å². The van der Waals surface area contributed by atoms with Crippen LogP contribution in [0.15, 0.2) is 24.4 Å². The van der Waals surface area contributed by atoms with Gasteiger partial charge in [-0.1, -0.05) is 13.3 Å². The highest BCUT2D eigenvalue weighted by atomic mass is 15.2.